The Bertz CT molecular complexity index is 7710. The molecule has 0 atom stereocenters. The summed E-state index contributed by atoms with van der Waals surface area (Å²) in [6.45, 7) is 9.69. The van der Waals surface area contributed by atoms with Gasteiger partial charge in [0, 0.05) is 0 Å². The van der Waals surface area contributed by atoms with Gasteiger partial charge in [0.15, 0.2) is 0 Å². The maximum atomic E-state index is 13.3. The Kier molecular flexibility index (Phi) is 23.6. The summed E-state index contributed by atoms with van der Waals surface area (Å²) in [5.41, 5.74) is 15.6. The minimum absolute atomic E-state index is 0.152. The van der Waals surface area contributed by atoms with Crippen molar-refractivity contribution >= 4 is 315 Å². The van der Waals surface area contributed by atoms with E-state index in [1.807, 2.05) is 121 Å². The molecule has 0 fully saturated rings. The summed E-state index contributed by atoms with van der Waals surface area (Å²) in [5, 5.41) is 9.70. The van der Waals surface area contributed by atoms with E-state index in [-0.39, 0.29) is 46.3 Å². The Morgan fingerprint density at radius 3 is 0.614 bits per heavy atom. The molecule has 0 spiro atoms. The predicted octanol–water partition coefficient (Wildman–Crippen LogP) is 21.6. The first-order chi connectivity index (χ1) is 67.8. The number of Topliss-reactive ketones (excluding diaryl/α,β-unsaturated/α-hetero) is 8. The van der Waals surface area contributed by atoms with Crippen LogP contribution in [0.25, 0.3) is 45.8 Å². The van der Waals surface area contributed by atoms with Crippen LogP contribution in [0.1, 0.15) is 97.2 Å². The number of carbonyl (C=O) groups excluding carboxylic acids is 8. The van der Waals surface area contributed by atoms with E-state index in [9.17, 15) is 38.4 Å². The molecule has 676 valence electrons. The molecule has 12 nitrogen and oxygen atoms in total. The third-order valence-electron chi connectivity index (χ3n) is 28.6. The van der Waals surface area contributed by atoms with Crippen LogP contribution in [0.15, 0.2) is 386 Å². The van der Waals surface area contributed by atoms with Crippen molar-refractivity contribution < 1.29 is 38.4 Å². The van der Waals surface area contributed by atoms with Crippen LogP contribution in [0.2, 0.25) is 49.2 Å². The second kappa shape index (κ2) is 36.0. The van der Waals surface area contributed by atoms with E-state index in [1.165, 1.54) is 98.6 Å². The van der Waals surface area contributed by atoms with Crippen molar-refractivity contribution in [2.45, 2.75) is 49.2 Å². The van der Waals surface area contributed by atoms with Gasteiger partial charge in [0.1, 0.15) is 0 Å². The van der Waals surface area contributed by atoms with E-state index < -0.39 is 124 Å². The number of carbonyl (C=O) groups is 8. The first-order valence-electron chi connectivity index (χ1n) is 46.6. The fraction of sp³-hybridized carbons (Fsp3) is 0.0667. The van der Waals surface area contributed by atoms with Gasteiger partial charge in [-0.25, -0.2) is 0 Å². The van der Waals surface area contributed by atoms with Gasteiger partial charge in [-0.3, -0.25) is 0 Å². The molecule has 0 amide bonds. The summed E-state index contributed by atoms with van der Waals surface area (Å²) in [4.78, 5) is 114. The number of benzene rings is 14. The fourth-order valence-electron chi connectivity index (χ4n) is 21.4. The van der Waals surface area contributed by atoms with Crippen LogP contribution in [0, 0.1) is 0 Å². The zero-order valence-electron chi connectivity index (χ0n) is 77.6. The molecular formula is C120H88Ge2N4O8Si2Te4. The molecule has 26 rings (SSSR count). The molecule has 0 N–H and O–H groups in total. The van der Waals surface area contributed by atoms with Crippen molar-refractivity contribution in [1.29, 1.82) is 0 Å². The molecule has 4 aliphatic carbocycles. The summed E-state index contributed by atoms with van der Waals surface area (Å²) < 4.78 is 15.5. The van der Waals surface area contributed by atoms with E-state index in [4.69, 9.17) is 0 Å². The van der Waals surface area contributed by atoms with Gasteiger partial charge in [-0.1, -0.05) is 0 Å². The molecule has 0 bridgehead atoms. The molecule has 4 aliphatic heterocycles. The van der Waals surface area contributed by atoms with Gasteiger partial charge in [-0.15, -0.1) is 0 Å². The van der Waals surface area contributed by atoms with Gasteiger partial charge in [0.2, 0.25) is 0 Å². The topological polar surface area (TPSA) is 150 Å². The summed E-state index contributed by atoms with van der Waals surface area (Å²) in [7, 11) is -3.62. The number of rotatable bonds is 8. The fourth-order valence-corrected chi connectivity index (χ4v) is 51.1. The molecule has 14 aromatic carbocycles. The monoisotopic (exact) mass is 2440 g/mol. The van der Waals surface area contributed by atoms with E-state index in [0.29, 0.717) is 66.8 Å². The van der Waals surface area contributed by atoms with Gasteiger partial charge in [0.25, 0.3) is 0 Å². The number of fused-ring (bicyclic) bond motifs is 14. The van der Waals surface area contributed by atoms with Gasteiger partial charge in [0.05, 0.1) is 0 Å². The van der Waals surface area contributed by atoms with Crippen molar-refractivity contribution in [3.63, 3.8) is 0 Å². The Morgan fingerprint density at radius 2 is 0.386 bits per heavy atom. The Morgan fingerprint density at radius 1 is 0.207 bits per heavy atom. The first-order valence-corrected chi connectivity index (χ1v) is 74.5. The second-order valence-electron chi connectivity index (χ2n) is 38.1. The van der Waals surface area contributed by atoms with Gasteiger partial charge in [-0.05, 0) is 0 Å². The molecule has 20 heteroatoms. The molecule has 0 unspecified atom stereocenters. The van der Waals surface area contributed by atoms with Crippen molar-refractivity contribution in [1.82, 2.24) is 0 Å². The molecule has 8 heterocycles. The predicted molar refractivity (Wildman–Crippen MR) is 587 cm³/mol. The quantitative estimate of drug-likeness (QED) is 0.0809. The molecule has 0 radical (unpaired) electrons. The Balaban J connectivity index is 0.000000104. The molecule has 4 aromatic heterocycles. The zero-order valence-corrected chi connectivity index (χ0v) is 93.2. The van der Waals surface area contributed by atoms with Crippen LogP contribution in [0.5, 0.6) is 0 Å². The normalized spacial score (nSPS) is 15.7. The summed E-state index contributed by atoms with van der Waals surface area (Å²) >= 11 is -7.97. The zero-order chi connectivity index (χ0) is 96.1. The van der Waals surface area contributed by atoms with Crippen LogP contribution in [-0.4, -0.2) is 171 Å². The molecule has 0 saturated heterocycles. The molecule has 8 aliphatic rings. The maximum absolute atomic E-state index is 13.3. The van der Waals surface area contributed by atoms with Gasteiger partial charge < -0.3 is 0 Å². The average Bonchev–Trinajstić information content (AvgIpc) is 0.933. The first kappa shape index (κ1) is 91.5. The number of ketones is 8. The van der Waals surface area contributed by atoms with E-state index in [1.54, 1.807) is 24.3 Å². The Labute approximate surface area is 857 Å². The number of anilines is 12. The standard InChI is InChI=1S/C32H23GeNO2Te.C32H23NO2SiTe.C28H21GeNO2Te.C28H21NO2SiTe/c1-33(2)26-11-5-7-13-28(26)34(29-14-8-6-12-27(29)33)30-16-15-22(37-30)19-25-31(35)23-17-20-9-3-4-10-21(20)18-24(23)32(25)36;1-36(2)28-13-7-5-11-26(28)33(27-12-6-8-14-29(27)36)30-16-15-22(37-30)19-25-31(34)23-17-20-9-3-4-10-21(20)18-24(23)32(25)35;1-29(2)22-11-5-7-13-24(22)30(25-14-8-6-12-23(25)29)26-16-15-18(33-26)17-21-27(31)19-9-3-4-10-20(19)28(21)32;1-32(2)24-13-7-5-11-22(24)29(23-12-6-8-14-25(23)32)26-16-15-18(33-26)17-21-27(30)19-9-3-4-10-20(19)28(21)31/h2*3-19H,1-2H3;2*3-17H,1-2H3. The number of para-hydroxylation sites is 8. The minimum atomic E-state index is -2.42. The van der Waals surface area contributed by atoms with E-state index >= 15 is 0 Å². The van der Waals surface area contributed by atoms with Crippen molar-refractivity contribution in [3.8, 4) is 0 Å². The Hall–Kier alpha value is -12.3. The van der Waals surface area contributed by atoms with Gasteiger partial charge in [-0.2, -0.15) is 0 Å². The van der Waals surface area contributed by atoms with Crippen molar-refractivity contribution in [3.05, 3.63) is 445 Å². The average molecular weight is 2430 g/mol. The number of nitrogens with zero attached hydrogens (tertiary/aromatic N) is 4. The summed E-state index contributed by atoms with van der Waals surface area (Å²) in [6.07, 6.45) is 7.42. The van der Waals surface area contributed by atoms with E-state index in [2.05, 4.69) is 311 Å². The SMILES string of the molecule is C[Si]1(C)c2ccccc2N(c2ccc(C=C3C(=O)c4cc5ccccc5cc4C3=O)[te]2)c2ccccc21.C[Si]1(C)c2ccccc2N(c2ccc(C=C3C(=O)c4ccccc4C3=O)[te]2)c2ccccc21.[CH3][Ge]1([CH3])[c]2ccccc2N(c2ccc(C=C3C(=O)c4cc5ccccc5cc4C3=O)[te]2)c2cccc[c]21.[CH3][Ge]1([CH3])[c]2ccccc2N(c2ccc(C=C3C(=O)c4ccccc4C3=O)[te]2)c2cccc[c]21. The van der Waals surface area contributed by atoms with E-state index in [0.717, 1.165) is 35.9 Å². The van der Waals surface area contributed by atoms with Crippen molar-refractivity contribution in [2.75, 3.05) is 19.6 Å². The summed E-state index contributed by atoms with van der Waals surface area (Å²) in [6, 6.07) is 125. The second-order valence-corrected chi connectivity index (χ2v) is 77.4. The molecular weight excluding hydrogens is 2340 g/mol. The van der Waals surface area contributed by atoms with Gasteiger partial charge >= 0.3 is 867 Å². The third-order valence-corrected chi connectivity index (χ3v) is 62.1. The molecule has 140 heavy (non-hydrogen) atoms. The van der Waals surface area contributed by atoms with Crippen LogP contribution >= 0.6 is 0 Å². The van der Waals surface area contributed by atoms with Crippen LogP contribution in [0.4, 0.5) is 60.3 Å². The summed E-state index contributed by atoms with van der Waals surface area (Å²) in [5.74, 6) is 8.65. The number of hydrogen-bond donors (Lipinski definition) is 0. The van der Waals surface area contributed by atoms with Crippen LogP contribution in [-0.2, 0) is 0 Å². The molecule has 18 aromatic rings. The van der Waals surface area contributed by atoms with Crippen molar-refractivity contribution in [2.24, 2.45) is 0 Å². The third kappa shape index (κ3) is 15.5. The van der Waals surface area contributed by atoms with Crippen LogP contribution < -0.4 is 57.9 Å². The number of hydrogen-bond acceptors (Lipinski definition) is 12. The molecule has 0 saturated carbocycles. The van der Waals surface area contributed by atoms with Crippen LogP contribution in [0.3, 0.4) is 0 Å². The number of allylic oxidation sites excluding steroid dienone is 4.